The molecule has 2 unspecified atom stereocenters. The minimum Gasteiger partial charge on any atom is -0.480 e. The largest absolute Gasteiger partial charge is 0.480 e. The van der Waals surface area contributed by atoms with Crippen LogP contribution in [0, 0.1) is 12.8 Å². The number of carbonyl (C=O) groups excluding carboxylic acids is 1. The fourth-order valence-corrected chi connectivity index (χ4v) is 2.72. The van der Waals surface area contributed by atoms with Gasteiger partial charge in [0.05, 0.1) is 0 Å². The van der Waals surface area contributed by atoms with E-state index >= 15 is 0 Å². The fraction of sp³-hybridized carbons (Fsp3) is 0.462. The molecule has 1 fully saturated rings. The fourth-order valence-electron chi connectivity index (χ4n) is 2.47. The Morgan fingerprint density at radius 3 is 2.74 bits per heavy atom. The monoisotopic (exact) mass is 282 g/mol. The van der Waals surface area contributed by atoms with Crippen molar-refractivity contribution in [1.29, 1.82) is 0 Å². The number of pyridine rings is 1. The van der Waals surface area contributed by atoms with Crippen LogP contribution in [0.2, 0.25) is 5.15 Å². The zero-order valence-corrected chi connectivity index (χ0v) is 11.5. The number of carboxylic acid groups (broad SMARTS) is 1. The molecule has 1 aliphatic rings. The second kappa shape index (κ2) is 5.17. The molecule has 19 heavy (non-hydrogen) atoms. The van der Waals surface area contributed by atoms with Crippen LogP contribution in [-0.2, 0) is 4.79 Å². The summed E-state index contributed by atoms with van der Waals surface area (Å²) in [7, 11) is 0. The lowest BCUT2D eigenvalue weighted by Crippen LogP contribution is -2.42. The quantitative estimate of drug-likeness (QED) is 0.842. The van der Waals surface area contributed by atoms with E-state index in [1.165, 1.54) is 11.0 Å². The number of aryl methyl sites for hydroxylation is 1. The van der Waals surface area contributed by atoms with Gasteiger partial charge in [-0.05, 0) is 31.4 Å². The van der Waals surface area contributed by atoms with Crippen molar-refractivity contribution >= 4 is 23.5 Å². The van der Waals surface area contributed by atoms with Gasteiger partial charge in [-0.1, -0.05) is 18.5 Å². The van der Waals surface area contributed by atoms with E-state index < -0.39 is 12.0 Å². The Bertz CT molecular complexity index is 512. The van der Waals surface area contributed by atoms with Gasteiger partial charge in [0.2, 0.25) is 0 Å². The molecule has 0 aromatic carbocycles. The summed E-state index contributed by atoms with van der Waals surface area (Å²) in [5, 5.41) is 9.47. The summed E-state index contributed by atoms with van der Waals surface area (Å²) >= 11 is 5.83. The summed E-state index contributed by atoms with van der Waals surface area (Å²) < 4.78 is 0. The van der Waals surface area contributed by atoms with E-state index in [-0.39, 0.29) is 17.0 Å². The van der Waals surface area contributed by atoms with Crippen molar-refractivity contribution < 1.29 is 14.7 Å². The van der Waals surface area contributed by atoms with Gasteiger partial charge in [-0.3, -0.25) is 4.79 Å². The van der Waals surface area contributed by atoms with Crippen molar-refractivity contribution in [2.75, 3.05) is 6.54 Å². The summed E-state index contributed by atoms with van der Waals surface area (Å²) in [5.41, 5.74) is 1.02. The number of nitrogens with zero attached hydrogens (tertiary/aromatic N) is 2. The molecule has 1 N–H and O–H groups in total. The highest BCUT2D eigenvalue weighted by Crippen LogP contribution is 2.26. The lowest BCUT2D eigenvalue weighted by atomic mass is 10.0. The SMILES string of the molecule is Cc1cc(C(=O)N2CCC(C)C2C(=O)O)cc(Cl)n1. The third kappa shape index (κ3) is 2.71. The third-order valence-electron chi connectivity index (χ3n) is 3.38. The number of aromatic nitrogens is 1. The van der Waals surface area contributed by atoms with Crippen LogP contribution >= 0.6 is 11.6 Å². The van der Waals surface area contributed by atoms with Gasteiger partial charge in [0.1, 0.15) is 11.2 Å². The molecule has 1 aromatic heterocycles. The first kappa shape index (κ1) is 13.8. The predicted molar refractivity (Wildman–Crippen MR) is 70.2 cm³/mol. The summed E-state index contributed by atoms with van der Waals surface area (Å²) in [6.07, 6.45) is 0.695. The highest BCUT2D eigenvalue weighted by molar-refractivity contribution is 6.29. The van der Waals surface area contributed by atoms with Crippen LogP contribution in [0.4, 0.5) is 0 Å². The molecule has 0 radical (unpaired) electrons. The molecule has 102 valence electrons. The van der Waals surface area contributed by atoms with Gasteiger partial charge in [0.15, 0.2) is 0 Å². The Morgan fingerprint density at radius 2 is 2.16 bits per heavy atom. The number of carbonyl (C=O) groups is 2. The Kier molecular flexibility index (Phi) is 3.75. The lowest BCUT2D eigenvalue weighted by Gasteiger charge is -2.23. The third-order valence-corrected chi connectivity index (χ3v) is 3.58. The zero-order chi connectivity index (χ0) is 14.2. The molecule has 1 saturated heterocycles. The topological polar surface area (TPSA) is 70.5 Å². The maximum absolute atomic E-state index is 12.4. The van der Waals surface area contributed by atoms with E-state index in [1.807, 2.05) is 6.92 Å². The van der Waals surface area contributed by atoms with Crippen LogP contribution in [0.25, 0.3) is 0 Å². The Balaban J connectivity index is 2.31. The molecule has 5 nitrogen and oxygen atoms in total. The predicted octanol–water partition coefficient (Wildman–Crippen LogP) is 1.98. The van der Waals surface area contributed by atoms with Crippen LogP contribution in [-0.4, -0.2) is 39.5 Å². The molecule has 2 heterocycles. The molecular weight excluding hydrogens is 268 g/mol. The average Bonchev–Trinajstić information content (AvgIpc) is 2.68. The van der Waals surface area contributed by atoms with E-state index in [0.717, 1.165) is 0 Å². The van der Waals surface area contributed by atoms with Gasteiger partial charge in [-0.25, -0.2) is 9.78 Å². The van der Waals surface area contributed by atoms with Crippen molar-refractivity contribution in [2.24, 2.45) is 5.92 Å². The maximum Gasteiger partial charge on any atom is 0.326 e. The van der Waals surface area contributed by atoms with Gasteiger partial charge >= 0.3 is 5.97 Å². The minimum atomic E-state index is -0.963. The van der Waals surface area contributed by atoms with E-state index in [4.69, 9.17) is 11.6 Å². The molecule has 1 amide bonds. The van der Waals surface area contributed by atoms with Gasteiger partial charge in [0, 0.05) is 17.8 Å². The average molecular weight is 283 g/mol. The molecule has 0 aliphatic carbocycles. The number of hydrogen-bond donors (Lipinski definition) is 1. The van der Waals surface area contributed by atoms with E-state index in [1.54, 1.807) is 13.0 Å². The van der Waals surface area contributed by atoms with E-state index in [2.05, 4.69) is 4.98 Å². The summed E-state index contributed by atoms with van der Waals surface area (Å²) in [6, 6.07) is 2.33. The number of rotatable bonds is 2. The number of aliphatic carboxylic acids is 1. The second-order valence-corrected chi connectivity index (χ2v) is 5.25. The Morgan fingerprint density at radius 1 is 1.47 bits per heavy atom. The molecule has 1 aliphatic heterocycles. The van der Waals surface area contributed by atoms with Crippen LogP contribution in [0.15, 0.2) is 12.1 Å². The molecule has 0 saturated carbocycles. The molecule has 2 rings (SSSR count). The van der Waals surface area contributed by atoms with E-state index in [9.17, 15) is 14.7 Å². The van der Waals surface area contributed by atoms with Crippen LogP contribution in [0.1, 0.15) is 29.4 Å². The zero-order valence-electron chi connectivity index (χ0n) is 10.8. The number of carboxylic acids is 1. The highest BCUT2D eigenvalue weighted by atomic mass is 35.5. The summed E-state index contributed by atoms with van der Waals surface area (Å²) in [6.45, 7) is 4.04. The maximum atomic E-state index is 12.4. The standard InChI is InChI=1S/C13H15ClN2O3/c1-7-3-4-16(11(7)13(18)19)12(17)9-5-8(2)15-10(14)6-9/h5-7,11H,3-4H2,1-2H3,(H,18,19). The molecule has 0 bridgehead atoms. The number of halogens is 1. The smallest absolute Gasteiger partial charge is 0.326 e. The van der Waals surface area contributed by atoms with Crippen molar-refractivity contribution in [3.05, 3.63) is 28.5 Å². The highest BCUT2D eigenvalue weighted by Gasteiger charge is 2.39. The van der Waals surface area contributed by atoms with Crippen molar-refractivity contribution in [3.8, 4) is 0 Å². The Hall–Kier alpha value is -1.62. The van der Waals surface area contributed by atoms with Crippen LogP contribution in [0.5, 0.6) is 0 Å². The van der Waals surface area contributed by atoms with Crippen molar-refractivity contribution in [2.45, 2.75) is 26.3 Å². The molecular formula is C13H15ClN2O3. The molecule has 6 heteroatoms. The van der Waals surface area contributed by atoms with Crippen molar-refractivity contribution in [1.82, 2.24) is 9.88 Å². The molecule has 1 aromatic rings. The van der Waals surface area contributed by atoms with E-state index in [0.29, 0.717) is 24.2 Å². The first-order chi connectivity index (χ1) is 8.90. The molecule has 0 spiro atoms. The second-order valence-electron chi connectivity index (χ2n) is 4.87. The molecule has 2 atom stereocenters. The van der Waals surface area contributed by atoms with Crippen molar-refractivity contribution in [3.63, 3.8) is 0 Å². The number of likely N-dealkylation sites (tertiary alicyclic amines) is 1. The van der Waals surface area contributed by atoms with Gasteiger partial charge < -0.3 is 10.0 Å². The first-order valence-corrected chi connectivity index (χ1v) is 6.46. The summed E-state index contributed by atoms with van der Waals surface area (Å²) in [5.74, 6) is -1.31. The van der Waals surface area contributed by atoms with Crippen LogP contribution in [0.3, 0.4) is 0 Å². The van der Waals surface area contributed by atoms with Gasteiger partial charge in [-0.15, -0.1) is 0 Å². The lowest BCUT2D eigenvalue weighted by molar-refractivity contribution is -0.142. The number of hydrogen-bond acceptors (Lipinski definition) is 3. The van der Waals surface area contributed by atoms with Crippen LogP contribution < -0.4 is 0 Å². The Labute approximate surface area is 116 Å². The first-order valence-electron chi connectivity index (χ1n) is 6.08. The van der Waals surface area contributed by atoms with Gasteiger partial charge in [0.25, 0.3) is 5.91 Å². The minimum absolute atomic E-state index is 0.0418. The summed E-state index contributed by atoms with van der Waals surface area (Å²) in [4.78, 5) is 29.0. The number of amides is 1. The normalized spacial score (nSPS) is 22.6. The van der Waals surface area contributed by atoms with Gasteiger partial charge in [-0.2, -0.15) is 0 Å².